The van der Waals surface area contributed by atoms with Crippen molar-refractivity contribution >= 4 is 21.4 Å². The number of morpholine rings is 1. The van der Waals surface area contributed by atoms with E-state index in [1.165, 1.54) is 19.2 Å². The van der Waals surface area contributed by atoms with Crippen LogP contribution in [0.1, 0.15) is 0 Å². The summed E-state index contributed by atoms with van der Waals surface area (Å²) in [6, 6.07) is 9.94. The van der Waals surface area contributed by atoms with Gasteiger partial charge in [-0.05, 0) is 30.3 Å². The van der Waals surface area contributed by atoms with E-state index in [0.29, 0.717) is 36.1 Å². The molecule has 1 N–H and O–H groups in total. The molecule has 0 aliphatic carbocycles. The van der Waals surface area contributed by atoms with E-state index in [2.05, 4.69) is 9.62 Å². The second-order valence-electron chi connectivity index (χ2n) is 6.10. The fourth-order valence-corrected chi connectivity index (χ4v) is 4.12. The molecule has 27 heavy (non-hydrogen) atoms. The number of fused-ring (bicyclic) bond motifs is 1. The Balaban J connectivity index is 1.63. The molecule has 0 spiro atoms. The van der Waals surface area contributed by atoms with Gasteiger partial charge in [-0.3, -0.25) is 4.72 Å². The van der Waals surface area contributed by atoms with E-state index in [1.54, 1.807) is 18.2 Å². The molecule has 144 valence electrons. The molecule has 0 bridgehead atoms. The number of ether oxygens (including phenoxy) is 4. The van der Waals surface area contributed by atoms with Gasteiger partial charge in [-0.1, -0.05) is 0 Å². The lowest BCUT2D eigenvalue weighted by Crippen LogP contribution is -2.36. The molecule has 9 heteroatoms. The quantitative estimate of drug-likeness (QED) is 0.833. The van der Waals surface area contributed by atoms with Crippen LogP contribution < -0.4 is 23.8 Å². The van der Waals surface area contributed by atoms with Gasteiger partial charge in [-0.2, -0.15) is 0 Å². The largest absolute Gasteiger partial charge is 0.495 e. The Kier molecular flexibility index (Phi) is 4.71. The summed E-state index contributed by atoms with van der Waals surface area (Å²) in [7, 11) is -2.32. The van der Waals surface area contributed by atoms with Crippen LogP contribution in [0.4, 0.5) is 11.4 Å². The Morgan fingerprint density at radius 2 is 1.81 bits per heavy atom. The first kappa shape index (κ1) is 17.7. The van der Waals surface area contributed by atoms with Crippen molar-refractivity contribution in [3.05, 3.63) is 36.4 Å². The van der Waals surface area contributed by atoms with E-state index in [0.717, 1.165) is 18.8 Å². The minimum atomic E-state index is -3.82. The standard InChI is InChI=1S/C18H20N2O6S/c1-23-16-4-2-13(20-6-8-24-9-7-20)10-15(16)19-27(21,22)14-3-5-17-18(11-14)26-12-25-17/h2-5,10-11,19H,6-9,12H2,1H3. The third-order valence-electron chi connectivity index (χ3n) is 4.46. The van der Waals surface area contributed by atoms with E-state index in [4.69, 9.17) is 18.9 Å². The average Bonchev–Trinajstić information content (AvgIpc) is 3.16. The van der Waals surface area contributed by atoms with E-state index in [9.17, 15) is 8.42 Å². The molecule has 0 atom stereocenters. The lowest BCUT2D eigenvalue weighted by Gasteiger charge is -2.29. The normalized spacial score (nSPS) is 16.3. The number of rotatable bonds is 5. The van der Waals surface area contributed by atoms with Crippen LogP contribution in [0.25, 0.3) is 0 Å². The van der Waals surface area contributed by atoms with Crippen LogP contribution in [-0.2, 0) is 14.8 Å². The van der Waals surface area contributed by atoms with Crippen molar-refractivity contribution in [2.45, 2.75) is 4.90 Å². The highest BCUT2D eigenvalue weighted by Crippen LogP contribution is 2.36. The van der Waals surface area contributed by atoms with Crippen LogP contribution in [0.2, 0.25) is 0 Å². The second-order valence-corrected chi connectivity index (χ2v) is 7.79. The van der Waals surface area contributed by atoms with Crippen molar-refractivity contribution in [2.75, 3.05) is 49.8 Å². The zero-order valence-corrected chi connectivity index (χ0v) is 15.6. The predicted molar refractivity (Wildman–Crippen MR) is 99.4 cm³/mol. The van der Waals surface area contributed by atoms with Gasteiger partial charge in [0.25, 0.3) is 10.0 Å². The fourth-order valence-electron chi connectivity index (χ4n) is 3.04. The first-order valence-corrected chi connectivity index (χ1v) is 9.98. The zero-order valence-electron chi connectivity index (χ0n) is 14.8. The molecule has 0 unspecified atom stereocenters. The highest BCUT2D eigenvalue weighted by Gasteiger charge is 2.22. The van der Waals surface area contributed by atoms with Crippen LogP contribution in [0, 0.1) is 0 Å². The van der Waals surface area contributed by atoms with E-state index < -0.39 is 10.0 Å². The summed E-state index contributed by atoms with van der Waals surface area (Å²) < 4.78 is 49.5. The summed E-state index contributed by atoms with van der Waals surface area (Å²) in [5, 5.41) is 0. The molecule has 2 aromatic carbocycles. The Hall–Kier alpha value is -2.65. The summed E-state index contributed by atoms with van der Waals surface area (Å²) in [5.41, 5.74) is 1.28. The lowest BCUT2D eigenvalue weighted by molar-refractivity contribution is 0.122. The summed E-state index contributed by atoms with van der Waals surface area (Å²) >= 11 is 0. The van der Waals surface area contributed by atoms with E-state index >= 15 is 0 Å². The number of anilines is 2. The Morgan fingerprint density at radius 1 is 1.04 bits per heavy atom. The number of hydrogen-bond acceptors (Lipinski definition) is 7. The molecule has 2 heterocycles. The van der Waals surface area contributed by atoms with Gasteiger partial charge in [0.05, 0.1) is 30.9 Å². The Bertz CT molecular complexity index is 941. The number of nitrogens with one attached hydrogen (secondary N) is 1. The minimum Gasteiger partial charge on any atom is -0.495 e. The maximum Gasteiger partial charge on any atom is 0.262 e. The van der Waals surface area contributed by atoms with E-state index in [-0.39, 0.29) is 11.7 Å². The molecule has 0 radical (unpaired) electrons. The number of nitrogens with zero attached hydrogens (tertiary/aromatic N) is 1. The number of hydrogen-bond donors (Lipinski definition) is 1. The molecule has 2 aromatic rings. The van der Waals surface area contributed by atoms with Crippen LogP contribution in [0.5, 0.6) is 17.2 Å². The lowest BCUT2D eigenvalue weighted by atomic mass is 10.2. The molecule has 8 nitrogen and oxygen atoms in total. The van der Waals surface area contributed by atoms with Gasteiger partial charge in [0.15, 0.2) is 11.5 Å². The Morgan fingerprint density at radius 3 is 2.59 bits per heavy atom. The van der Waals surface area contributed by atoms with Crippen molar-refractivity contribution < 1.29 is 27.4 Å². The smallest absolute Gasteiger partial charge is 0.262 e. The average molecular weight is 392 g/mol. The molecular formula is C18H20N2O6S. The second kappa shape index (κ2) is 7.16. The zero-order chi connectivity index (χ0) is 18.9. The molecule has 2 aliphatic heterocycles. The molecule has 4 rings (SSSR count). The fraction of sp³-hybridized carbons (Fsp3) is 0.333. The van der Waals surface area contributed by atoms with Gasteiger partial charge in [0.1, 0.15) is 5.75 Å². The van der Waals surface area contributed by atoms with Crippen molar-refractivity contribution in [3.8, 4) is 17.2 Å². The van der Waals surface area contributed by atoms with Crippen molar-refractivity contribution in [3.63, 3.8) is 0 Å². The van der Waals surface area contributed by atoms with Gasteiger partial charge in [0.2, 0.25) is 6.79 Å². The summed E-state index contributed by atoms with van der Waals surface area (Å²) in [6.45, 7) is 2.87. The summed E-state index contributed by atoms with van der Waals surface area (Å²) in [5.74, 6) is 1.38. The topological polar surface area (TPSA) is 86.3 Å². The molecule has 1 fully saturated rings. The van der Waals surface area contributed by atoms with Crippen LogP contribution in [0.15, 0.2) is 41.3 Å². The van der Waals surface area contributed by atoms with Gasteiger partial charge < -0.3 is 23.8 Å². The molecular weight excluding hydrogens is 372 g/mol. The number of sulfonamides is 1. The first-order valence-electron chi connectivity index (χ1n) is 8.50. The van der Waals surface area contributed by atoms with E-state index in [1.807, 2.05) is 6.07 Å². The molecule has 0 aromatic heterocycles. The molecule has 0 saturated carbocycles. The summed E-state index contributed by atoms with van der Waals surface area (Å²) in [6.07, 6.45) is 0. The van der Waals surface area contributed by atoms with Crippen LogP contribution in [-0.4, -0.2) is 48.6 Å². The summed E-state index contributed by atoms with van der Waals surface area (Å²) in [4.78, 5) is 2.23. The maximum absolute atomic E-state index is 12.9. The highest BCUT2D eigenvalue weighted by atomic mass is 32.2. The van der Waals surface area contributed by atoms with Gasteiger partial charge in [-0.15, -0.1) is 0 Å². The Labute approximate surface area is 157 Å². The predicted octanol–water partition coefficient (Wildman–Crippen LogP) is 2.06. The molecule has 0 amide bonds. The maximum atomic E-state index is 12.9. The third kappa shape index (κ3) is 3.60. The van der Waals surface area contributed by atoms with Crippen molar-refractivity contribution in [1.82, 2.24) is 0 Å². The van der Waals surface area contributed by atoms with Crippen molar-refractivity contribution in [1.29, 1.82) is 0 Å². The number of methoxy groups -OCH3 is 1. The van der Waals surface area contributed by atoms with Gasteiger partial charge >= 0.3 is 0 Å². The van der Waals surface area contributed by atoms with Gasteiger partial charge in [0, 0.05) is 24.8 Å². The molecule has 2 aliphatic rings. The number of benzene rings is 2. The van der Waals surface area contributed by atoms with Gasteiger partial charge in [-0.25, -0.2) is 8.42 Å². The third-order valence-corrected chi connectivity index (χ3v) is 5.82. The van der Waals surface area contributed by atoms with Crippen molar-refractivity contribution in [2.24, 2.45) is 0 Å². The minimum absolute atomic E-state index is 0.0850. The van der Waals surface area contributed by atoms with Crippen LogP contribution in [0.3, 0.4) is 0 Å². The van der Waals surface area contributed by atoms with Crippen LogP contribution >= 0.6 is 0 Å². The SMILES string of the molecule is COc1ccc(N2CCOCC2)cc1NS(=O)(=O)c1ccc2c(c1)OCO2. The molecule has 1 saturated heterocycles. The highest BCUT2D eigenvalue weighted by molar-refractivity contribution is 7.92. The first-order chi connectivity index (χ1) is 13.1. The monoisotopic (exact) mass is 392 g/mol.